The van der Waals surface area contributed by atoms with Crippen LogP contribution in [0.4, 0.5) is 14.5 Å². The van der Waals surface area contributed by atoms with Crippen molar-refractivity contribution in [3.63, 3.8) is 0 Å². The number of carbonyl (C=O) groups is 1. The number of ether oxygens (including phenoxy) is 1. The number of carbonyl (C=O) groups excluding carboxylic acids is 1. The van der Waals surface area contributed by atoms with Crippen molar-refractivity contribution < 1.29 is 26.7 Å². The smallest absolute Gasteiger partial charge is 0.241 e. The van der Waals surface area contributed by atoms with Gasteiger partial charge in [0, 0.05) is 18.2 Å². The highest BCUT2D eigenvalue weighted by Gasteiger charge is 2.24. The Bertz CT molecular complexity index is 919. The highest BCUT2D eigenvalue weighted by Crippen LogP contribution is 2.22. The normalized spacial score (nSPS) is 11.1. The number of hydrogen-bond donors (Lipinski definition) is 1. The molecule has 9 heteroatoms. The summed E-state index contributed by atoms with van der Waals surface area (Å²) in [7, 11) is -3.96. The van der Waals surface area contributed by atoms with Crippen molar-refractivity contribution in [1.29, 1.82) is 0 Å². The lowest BCUT2D eigenvalue weighted by atomic mass is 10.2. The number of hydrogen-bond acceptors (Lipinski definition) is 4. The van der Waals surface area contributed by atoms with Gasteiger partial charge in [0.1, 0.15) is 23.9 Å². The van der Waals surface area contributed by atoms with E-state index in [4.69, 9.17) is 4.74 Å². The minimum atomic E-state index is -3.96. The summed E-state index contributed by atoms with van der Waals surface area (Å²) >= 11 is 0. The molecule has 0 saturated carbocycles. The maximum atomic E-state index is 14.0. The van der Waals surface area contributed by atoms with Crippen molar-refractivity contribution in [3.05, 3.63) is 59.7 Å². The van der Waals surface area contributed by atoms with E-state index in [9.17, 15) is 22.0 Å². The summed E-state index contributed by atoms with van der Waals surface area (Å²) in [6.07, 6.45) is 0.841. The predicted molar refractivity (Wildman–Crippen MR) is 98.0 cm³/mol. The van der Waals surface area contributed by atoms with Crippen LogP contribution in [-0.2, 0) is 21.4 Å². The van der Waals surface area contributed by atoms with Crippen LogP contribution in [0.15, 0.2) is 42.5 Å². The fraction of sp³-hybridized carbons (Fsp3) is 0.278. The summed E-state index contributed by atoms with van der Waals surface area (Å²) in [5.41, 5.74) is 0.315. The molecular formula is C18H20F2N2O4S. The number of rotatable bonds is 8. The maximum Gasteiger partial charge on any atom is 0.241 e. The van der Waals surface area contributed by atoms with Crippen molar-refractivity contribution >= 4 is 21.6 Å². The fourth-order valence-electron chi connectivity index (χ4n) is 2.39. The Morgan fingerprint density at radius 1 is 1.19 bits per heavy atom. The first-order valence-electron chi connectivity index (χ1n) is 8.12. The number of nitrogens with zero attached hydrogens (tertiary/aromatic N) is 1. The van der Waals surface area contributed by atoms with E-state index in [0.29, 0.717) is 28.3 Å². The third-order valence-corrected chi connectivity index (χ3v) is 4.74. The summed E-state index contributed by atoms with van der Waals surface area (Å²) in [5.74, 6) is -1.96. The van der Waals surface area contributed by atoms with E-state index in [-0.39, 0.29) is 6.54 Å². The van der Waals surface area contributed by atoms with Gasteiger partial charge in [0.2, 0.25) is 15.9 Å². The zero-order valence-corrected chi connectivity index (χ0v) is 15.7. The maximum absolute atomic E-state index is 14.0. The van der Waals surface area contributed by atoms with Gasteiger partial charge < -0.3 is 10.1 Å². The zero-order valence-electron chi connectivity index (χ0n) is 14.9. The molecular weight excluding hydrogens is 378 g/mol. The molecule has 2 rings (SSSR count). The van der Waals surface area contributed by atoms with Gasteiger partial charge in [-0.3, -0.25) is 9.10 Å². The lowest BCUT2D eigenvalue weighted by Crippen LogP contribution is -2.40. The molecule has 0 atom stereocenters. The van der Waals surface area contributed by atoms with E-state index in [0.717, 1.165) is 18.4 Å². The van der Waals surface area contributed by atoms with Gasteiger partial charge in [0.25, 0.3) is 0 Å². The highest BCUT2D eigenvalue weighted by molar-refractivity contribution is 7.92. The van der Waals surface area contributed by atoms with Crippen molar-refractivity contribution in [3.8, 4) is 5.75 Å². The van der Waals surface area contributed by atoms with E-state index in [1.54, 1.807) is 24.3 Å². The molecule has 0 fully saturated rings. The Kier molecular flexibility index (Phi) is 6.73. The van der Waals surface area contributed by atoms with E-state index in [2.05, 4.69) is 5.32 Å². The average molecular weight is 398 g/mol. The van der Waals surface area contributed by atoms with Crippen molar-refractivity contribution in [2.45, 2.75) is 13.5 Å². The fourth-order valence-corrected chi connectivity index (χ4v) is 3.25. The van der Waals surface area contributed by atoms with Crippen LogP contribution in [0.3, 0.4) is 0 Å². The van der Waals surface area contributed by atoms with Crippen LogP contribution in [0.5, 0.6) is 5.75 Å². The summed E-state index contributed by atoms with van der Waals surface area (Å²) in [5, 5.41) is 2.58. The SMILES string of the molecule is CCOc1ccccc1CNC(=O)CN(c1ccc(F)cc1F)S(C)(=O)=O. The Balaban J connectivity index is 2.13. The first-order valence-corrected chi connectivity index (χ1v) is 9.97. The molecule has 0 aliphatic heterocycles. The van der Waals surface area contributed by atoms with Crippen LogP contribution in [0, 0.1) is 11.6 Å². The summed E-state index contributed by atoms with van der Waals surface area (Å²) < 4.78 is 57.1. The number of nitrogens with one attached hydrogen (secondary N) is 1. The molecule has 2 aromatic carbocycles. The quantitative estimate of drug-likeness (QED) is 0.741. The van der Waals surface area contributed by atoms with Crippen LogP contribution in [-0.4, -0.2) is 33.7 Å². The standard InChI is InChI=1S/C18H20F2N2O4S/c1-3-26-17-7-5-4-6-13(17)11-21-18(23)12-22(27(2,24)25)16-9-8-14(19)10-15(16)20/h4-10H,3,11-12H2,1-2H3,(H,21,23). The van der Waals surface area contributed by atoms with Gasteiger partial charge in [-0.15, -0.1) is 0 Å². The topological polar surface area (TPSA) is 75.7 Å². The number of halogens is 2. The molecule has 0 spiro atoms. The van der Waals surface area contributed by atoms with Crippen LogP contribution in [0.2, 0.25) is 0 Å². The molecule has 0 saturated heterocycles. The summed E-state index contributed by atoms with van der Waals surface area (Å²) in [6, 6.07) is 9.54. The van der Waals surface area contributed by atoms with Gasteiger partial charge in [-0.2, -0.15) is 0 Å². The van der Waals surface area contributed by atoms with Gasteiger partial charge in [-0.25, -0.2) is 17.2 Å². The van der Waals surface area contributed by atoms with Gasteiger partial charge in [0.15, 0.2) is 0 Å². The lowest BCUT2D eigenvalue weighted by molar-refractivity contribution is -0.119. The van der Waals surface area contributed by atoms with E-state index in [1.807, 2.05) is 6.92 Å². The summed E-state index contributed by atoms with van der Waals surface area (Å²) in [4.78, 5) is 12.2. The molecule has 27 heavy (non-hydrogen) atoms. The molecule has 6 nitrogen and oxygen atoms in total. The van der Waals surface area contributed by atoms with Crippen molar-refractivity contribution in [2.24, 2.45) is 0 Å². The van der Waals surface area contributed by atoms with Gasteiger partial charge in [-0.1, -0.05) is 18.2 Å². The monoisotopic (exact) mass is 398 g/mol. The zero-order chi connectivity index (χ0) is 20.0. The first-order chi connectivity index (χ1) is 12.7. The van der Waals surface area contributed by atoms with Crippen LogP contribution in [0.1, 0.15) is 12.5 Å². The second kappa shape index (κ2) is 8.81. The van der Waals surface area contributed by atoms with E-state index < -0.39 is 39.8 Å². The Morgan fingerprint density at radius 2 is 1.89 bits per heavy atom. The number of amides is 1. The number of anilines is 1. The molecule has 0 aliphatic rings. The largest absolute Gasteiger partial charge is 0.494 e. The predicted octanol–water partition coefficient (Wildman–Crippen LogP) is 2.45. The van der Waals surface area contributed by atoms with Gasteiger partial charge >= 0.3 is 0 Å². The Labute approximate surface area is 156 Å². The molecule has 1 N–H and O–H groups in total. The van der Waals surface area contributed by atoms with Gasteiger partial charge in [0.05, 0.1) is 18.6 Å². The average Bonchev–Trinajstić information content (AvgIpc) is 2.59. The van der Waals surface area contributed by atoms with Crippen molar-refractivity contribution in [1.82, 2.24) is 5.32 Å². The lowest BCUT2D eigenvalue weighted by Gasteiger charge is -2.22. The number of benzene rings is 2. The Hall–Kier alpha value is -2.68. The molecule has 0 unspecified atom stereocenters. The first kappa shape index (κ1) is 20.6. The summed E-state index contributed by atoms with van der Waals surface area (Å²) in [6.45, 7) is 1.75. The molecule has 1 amide bonds. The third-order valence-electron chi connectivity index (χ3n) is 3.61. The Morgan fingerprint density at radius 3 is 2.52 bits per heavy atom. The minimum Gasteiger partial charge on any atom is -0.494 e. The molecule has 2 aromatic rings. The van der Waals surface area contributed by atoms with Crippen molar-refractivity contribution in [2.75, 3.05) is 23.7 Å². The highest BCUT2D eigenvalue weighted by atomic mass is 32.2. The molecule has 0 bridgehead atoms. The second-order valence-electron chi connectivity index (χ2n) is 5.68. The molecule has 0 heterocycles. The van der Waals surface area contributed by atoms with Crippen LogP contribution < -0.4 is 14.4 Å². The van der Waals surface area contributed by atoms with Gasteiger partial charge in [-0.05, 0) is 25.1 Å². The second-order valence-corrected chi connectivity index (χ2v) is 7.59. The minimum absolute atomic E-state index is 0.110. The molecule has 0 radical (unpaired) electrons. The van der Waals surface area contributed by atoms with E-state index >= 15 is 0 Å². The number of sulfonamides is 1. The molecule has 146 valence electrons. The van der Waals surface area contributed by atoms with Crippen LogP contribution in [0.25, 0.3) is 0 Å². The number of para-hydroxylation sites is 1. The van der Waals surface area contributed by atoms with E-state index in [1.165, 1.54) is 0 Å². The molecule has 0 aliphatic carbocycles. The molecule has 0 aromatic heterocycles. The third kappa shape index (κ3) is 5.65. The van der Waals surface area contributed by atoms with Crippen LogP contribution >= 0.6 is 0 Å².